The normalized spacial score (nSPS) is 16.9. The summed E-state index contributed by atoms with van der Waals surface area (Å²) in [6, 6.07) is 11.5. The molecule has 1 saturated heterocycles. The quantitative estimate of drug-likeness (QED) is 0.323. The maximum atomic E-state index is 13.4. The van der Waals surface area contributed by atoms with Crippen LogP contribution >= 0.6 is 0 Å². The molecule has 2 aromatic heterocycles. The van der Waals surface area contributed by atoms with Crippen molar-refractivity contribution < 1.29 is 12.8 Å². The number of aromatic nitrogens is 5. The summed E-state index contributed by atoms with van der Waals surface area (Å²) >= 11 is 0. The molecule has 0 spiro atoms. The standard InChI is InChI=1S/C26H30FN9O2S/c1-18-12-24(30-21-6-4-20(27)5-7-21)19(14-28)13-23(18)25-17-36(39(37,38)26-15-29-34(3)32-26)11-10-35(25)16-22-8-9-33(2)31-22/h4-9,12-15,25,28,30H,10-11,16-17H2,1-3H3/t25-/m0/s1. The van der Waals surface area contributed by atoms with Gasteiger partial charge in [-0.2, -0.15) is 19.3 Å². The molecule has 0 amide bonds. The van der Waals surface area contributed by atoms with E-state index in [1.165, 1.54) is 33.6 Å². The van der Waals surface area contributed by atoms with E-state index in [2.05, 4.69) is 25.5 Å². The minimum absolute atomic E-state index is 0.0855. The molecule has 0 saturated carbocycles. The SMILES string of the molecule is Cc1cc(Nc2ccc(F)cc2)c(C=N)cc1[C@@H]1CN(S(=O)(=O)c2cnn(C)n2)CCN1Cc1ccn(C)n1. The molecule has 204 valence electrons. The zero-order valence-corrected chi connectivity index (χ0v) is 22.7. The molecule has 3 heterocycles. The van der Waals surface area contributed by atoms with E-state index in [0.29, 0.717) is 36.6 Å². The first-order valence-corrected chi connectivity index (χ1v) is 13.8. The lowest BCUT2D eigenvalue weighted by Crippen LogP contribution is -2.50. The second kappa shape index (κ2) is 10.7. The summed E-state index contributed by atoms with van der Waals surface area (Å²) in [5.74, 6) is -0.328. The Kier molecular flexibility index (Phi) is 7.30. The van der Waals surface area contributed by atoms with Crippen LogP contribution in [0.1, 0.15) is 28.4 Å². The predicted molar refractivity (Wildman–Crippen MR) is 145 cm³/mol. The summed E-state index contributed by atoms with van der Waals surface area (Å²) in [5.41, 5.74) is 4.75. The van der Waals surface area contributed by atoms with Gasteiger partial charge in [0.2, 0.25) is 5.03 Å². The van der Waals surface area contributed by atoms with Gasteiger partial charge in [-0.25, -0.2) is 12.8 Å². The van der Waals surface area contributed by atoms with Gasteiger partial charge in [0.15, 0.2) is 0 Å². The van der Waals surface area contributed by atoms with Crippen LogP contribution in [0.4, 0.5) is 15.8 Å². The molecule has 1 aliphatic heterocycles. The van der Waals surface area contributed by atoms with Crippen LogP contribution in [0, 0.1) is 18.2 Å². The molecule has 0 unspecified atom stereocenters. The van der Waals surface area contributed by atoms with Gasteiger partial charge in [0, 0.05) is 75.7 Å². The van der Waals surface area contributed by atoms with Crippen LogP contribution in [0.3, 0.4) is 0 Å². The van der Waals surface area contributed by atoms with Crippen molar-refractivity contribution in [2.75, 3.05) is 25.0 Å². The number of halogens is 1. The third-order valence-electron chi connectivity index (χ3n) is 6.85. The second-order valence-electron chi connectivity index (χ2n) is 9.57. The van der Waals surface area contributed by atoms with Crippen molar-refractivity contribution in [2.24, 2.45) is 14.1 Å². The van der Waals surface area contributed by atoms with Gasteiger partial charge in [0.05, 0.1) is 11.9 Å². The summed E-state index contributed by atoms with van der Waals surface area (Å²) in [7, 11) is -0.410. The van der Waals surface area contributed by atoms with Crippen LogP contribution in [0.5, 0.6) is 0 Å². The van der Waals surface area contributed by atoms with Crippen LogP contribution in [-0.4, -0.2) is 68.2 Å². The first-order chi connectivity index (χ1) is 18.6. The fraction of sp³-hybridized carbons (Fsp3) is 0.308. The Morgan fingerprint density at radius 2 is 1.90 bits per heavy atom. The van der Waals surface area contributed by atoms with Gasteiger partial charge in [-0.15, -0.1) is 5.10 Å². The number of nitrogens with one attached hydrogen (secondary N) is 2. The summed E-state index contributed by atoms with van der Waals surface area (Å²) < 4.78 is 43.5. The smallest absolute Gasteiger partial charge is 0.264 e. The van der Waals surface area contributed by atoms with Crippen molar-refractivity contribution in [2.45, 2.75) is 24.5 Å². The molecule has 2 N–H and O–H groups in total. The van der Waals surface area contributed by atoms with Crippen LogP contribution in [0.2, 0.25) is 0 Å². The Morgan fingerprint density at radius 3 is 2.54 bits per heavy atom. The topological polar surface area (TPSA) is 125 Å². The molecule has 11 nitrogen and oxygen atoms in total. The van der Waals surface area contributed by atoms with Gasteiger partial charge in [0.1, 0.15) is 5.82 Å². The highest BCUT2D eigenvalue weighted by Crippen LogP contribution is 2.34. The number of hydrogen-bond donors (Lipinski definition) is 2. The number of nitrogens with zero attached hydrogens (tertiary/aromatic N) is 7. The molecule has 1 atom stereocenters. The molecule has 13 heteroatoms. The van der Waals surface area contributed by atoms with Crippen molar-refractivity contribution in [3.05, 3.63) is 83.1 Å². The Hall–Kier alpha value is -3.94. The van der Waals surface area contributed by atoms with Gasteiger partial charge in [-0.3, -0.25) is 9.58 Å². The van der Waals surface area contributed by atoms with Gasteiger partial charge < -0.3 is 10.7 Å². The fourth-order valence-electron chi connectivity index (χ4n) is 4.85. The van der Waals surface area contributed by atoms with Crippen molar-refractivity contribution in [3.63, 3.8) is 0 Å². The average molecular weight is 552 g/mol. The molecule has 0 radical (unpaired) electrons. The number of sulfonamides is 1. The largest absolute Gasteiger partial charge is 0.355 e. The lowest BCUT2D eigenvalue weighted by atomic mass is 9.94. The highest BCUT2D eigenvalue weighted by atomic mass is 32.2. The predicted octanol–water partition coefficient (Wildman–Crippen LogP) is 2.99. The van der Waals surface area contributed by atoms with Crippen molar-refractivity contribution in [3.8, 4) is 0 Å². The van der Waals surface area contributed by atoms with E-state index < -0.39 is 10.0 Å². The Morgan fingerprint density at radius 1 is 1.13 bits per heavy atom. The maximum absolute atomic E-state index is 13.4. The number of piperazine rings is 1. The Balaban J connectivity index is 1.50. The van der Waals surface area contributed by atoms with E-state index in [1.807, 2.05) is 38.4 Å². The van der Waals surface area contributed by atoms with Gasteiger partial charge in [-0.05, 0) is 60.5 Å². The lowest BCUT2D eigenvalue weighted by Gasteiger charge is -2.41. The van der Waals surface area contributed by atoms with Crippen LogP contribution in [0.25, 0.3) is 0 Å². The fourth-order valence-corrected chi connectivity index (χ4v) is 6.17. The summed E-state index contributed by atoms with van der Waals surface area (Å²) in [5, 5.41) is 23.8. The molecule has 2 aromatic carbocycles. The molecular weight excluding hydrogens is 521 g/mol. The molecule has 1 aliphatic rings. The van der Waals surface area contributed by atoms with E-state index >= 15 is 0 Å². The second-order valence-corrected chi connectivity index (χ2v) is 11.5. The summed E-state index contributed by atoms with van der Waals surface area (Å²) in [6.45, 7) is 3.49. The minimum atomic E-state index is -3.85. The number of hydrogen-bond acceptors (Lipinski definition) is 8. The number of benzene rings is 2. The first kappa shape index (κ1) is 26.7. The van der Waals surface area contributed by atoms with E-state index in [-0.39, 0.29) is 23.4 Å². The molecule has 39 heavy (non-hydrogen) atoms. The number of aryl methyl sites for hydroxylation is 3. The highest BCUT2D eigenvalue weighted by molar-refractivity contribution is 7.89. The Labute approximate surface area is 226 Å². The molecule has 4 aromatic rings. The van der Waals surface area contributed by atoms with Gasteiger partial charge in [0.25, 0.3) is 10.0 Å². The molecular formula is C26H30FN9O2S. The van der Waals surface area contributed by atoms with E-state index in [1.54, 1.807) is 23.9 Å². The first-order valence-electron chi connectivity index (χ1n) is 12.4. The summed E-state index contributed by atoms with van der Waals surface area (Å²) in [6.07, 6.45) is 4.40. The highest BCUT2D eigenvalue weighted by Gasteiger charge is 2.37. The van der Waals surface area contributed by atoms with Gasteiger partial charge >= 0.3 is 0 Å². The third kappa shape index (κ3) is 5.60. The van der Waals surface area contributed by atoms with Crippen molar-refractivity contribution in [1.29, 1.82) is 5.41 Å². The van der Waals surface area contributed by atoms with E-state index in [4.69, 9.17) is 5.41 Å². The Bertz CT molecular complexity index is 1600. The van der Waals surface area contributed by atoms with Crippen molar-refractivity contribution >= 4 is 27.6 Å². The number of rotatable bonds is 8. The average Bonchev–Trinajstić information content (AvgIpc) is 3.54. The maximum Gasteiger partial charge on any atom is 0.264 e. The van der Waals surface area contributed by atoms with E-state index in [9.17, 15) is 12.8 Å². The molecule has 0 bridgehead atoms. The zero-order valence-electron chi connectivity index (χ0n) is 21.9. The summed E-state index contributed by atoms with van der Waals surface area (Å²) in [4.78, 5) is 3.45. The monoisotopic (exact) mass is 551 g/mol. The van der Waals surface area contributed by atoms with Crippen molar-refractivity contribution in [1.82, 2.24) is 34.0 Å². The zero-order chi connectivity index (χ0) is 27.7. The van der Waals surface area contributed by atoms with Crippen LogP contribution in [-0.2, 0) is 30.7 Å². The van der Waals surface area contributed by atoms with Gasteiger partial charge in [-0.1, -0.05) is 0 Å². The molecule has 0 aliphatic carbocycles. The minimum Gasteiger partial charge on any atom is -0.355 e. The molecule has 5 rings (SSSR count). The third-order valence-corrected chi connectivity index (χ3v) is 8.57. The number of anilines is 2. The molecule has 1 fully saturated rings. The van der Waals surface area contributed by atoms with E-state index in [0.717, 1.165) is 16.8 Å². The lowest BCUT2D eigenvalue weighted by molar-refractivity contribution is 0.108. The van der Waals surface area contributed by atoms with Crippen LogP contribution < -0.4 is 5.32 Å². The van der Waals surface area contributed by atoms with Crippen LogP contribution in [0.15, 0.2) is 59.9 Å².